The van der Waals surface area contributed by atoms with Crippen molar-refractivity contribution < 1.29 is 14.7 Å². The predicted molar refractivity (Wildman–Crippen MR) is 68.8 cm³/mol. The minimum Gasteiger partial charge on any atom is -0.481 e. The van der Waals surface area contributed by atoms with E-state index in [0.717, 1.165) is 5.69 Å². The molecule has 1 unspecified atom stereocenters. The molecule has 19 heavy (non-hydrogen) atoms. The monoisotopic (exact) mass is 265 g/mol. The lowest BCUT2D eigenvalue weighted by atomic mass is 9.90. The minimum atomic E-state index is -0.843. The Morgan fingerprint density at radius 1 is 1.53 bits per heavy atom. The van der Waals surface area contributed by atoms with Gasteiger partial charge in [0.25, 0.3) is 5.91 Å². The Labute approximate surface area is 112 Å². The van der Waals surface area contributed by atoms with Gasteiger partial charge in [-0.1, -0.05) is 6.92 Å². The van der Waals surface area contributed by atoms with Gasteiger partial charge >= 0.3 is 5.97 Å². The molecule has 0 saturated carbocycles. The van der Waals surface area contributed by atoms with Crippen LogP contribution in [0.25, 0.3) is 0 Å². The van der Waals surface area contributed by atoms with Crippen molar-refractivity contribution in [1.82, 2.24) is 14.7 Å². The van der Waals surface area contributed by atoms with E-state index in [4.69, 9.17) is 0 Å². The molecule has 1 N–H and O–H groups in total. The first-order chi connectivity index (χ1) is 8.87. The van der Waals surface area contributed by atoms with Crippen molar-refractivity contribution in [1.29, 1.82) is 0 Å². The van der Waals surface area contributed by atoms with Gasteiger partial charge in [-0.25, -0.2) is 0 Å². The second-order valence-electron chi connectivity index (χ2n) is 5.36. The van der Waals surface area contributed by atoms with Crippen molar-refractivity contribution in [2.45, 2.75) is 26.7 Å². The molecule has 2 rings (SSSR count). The number of hydrogen-bond donors (Lipinski definition) is 1. The van der Waals surface area contributed by atoms with Crippen LogP contribution in [0.2, 0.25) is 0 Å². The van der Waals surface area contributed by atoms with E-state index in [9.17, 15) is 14.7 Å². The topological polar surface area (TPSA) is 75.4 Å². The van der Waals surface area contributed by atoms with Gasteiger partial charge in [-0.15, -0.1) is 0 Å². The van der Waals surface area contributed by atoms with Gasteiger partial charge in [0.2, 0.25) is 0 Å². The largest absolute Gasteiger partial charge is 0.481 e. The fourth-order valence-electron chi connectivity index (χ4n) is 2.45. The molecule has 0 aromatic carbocycles. The Morgan fingerprint density at radius 3 is 2.74 bits per heavy atom. The van der Waals surface area contributed by atoms with Gasteiger partial charge < -0.3 is 10.0 Å². The van der Waals surface area contributed by atoms with E-state index in [1.54, 1.807) is 29.7 Å². The number of carboxylic acid groups (broad SMARTS) is 1. The SMILES string of the molecule is CCc1nn(C)cc1C(=O)N1CCC(C)(C(=O)O)C1. The maximum Gasteiger partial charge on any atom is 0.311 e. The number of likely N-dealkylation sites (tertiary alicyclic amines) is 1. The van der Waals surface area contributed by atoms with Gasteiger partial charge in [0.05, 0.1) is 16.7 Å². The smallest absolute Gasteiger partial charge is 0.311 e. The van der Waals surface area contributed by atoms with Gasteiger partial charge in [0, 0.05) is 26.3 Å². The second kappa shape index (κ2) is 4.68. The summed E-state index contributed by atoms with van der Waals surface area (Å²) in [6.07, 6.45) is 2.89. The molecule has 1 saturated heterocycles. The summed E-state index contributed by atoms with van der Waals surface area (Å²) < 4.78 is 1.62. The molecular formula is C13H19N3O3. The zero-order valence-electron chi connectivity index (χ0n) is 11.5. The van der Waals surface area contributed by atoms with Crippen molar-refractivity contribution in [3.63, 3.8) is 0 Å². The summed E-state index contributed by atoms with van der Waals surface area (Å²) in [5.41, 5.74) is 0.514. The van der Waals surface area contributed by atoms with E-state index >= 15 is 0 Å². The zero-order chi connectivity index (χ0) is 14.2. The molecule has 0 spiro atoms. The molecule has 6 heteroatoms. The highest BCUT2D eigenvalue weighted by Gasteiger charge is 2.42. The Kier molecular flexibility index (Phi) is 3.34. The van der Waals surface area contributed by atoms with Crippen LogP contribution in [0.4, 0.5) is 0 Å². The normalized spacial score (nSPS) is 22.8. The van der Waals surface area contributed by atoms with Crippen molar-refractivity contribution in [3.05, 3.63) is 17.5 Å². The molecule has 1 aliphatic rings. The number of carbonyl (C=O) groups is 2. The fourth-order valence-corrected chi connectivity index (χ4v) is 2.45. The van der Waals surface area contributed by atoms with Crippen LogP contribution < -0.4 is 0 Å². The van der Waals surface area contributed by atoms with Crippen LogP contribution in [-0.4, -0.2) is 44.8 Å². The zero-order valence-corrected chi connectivity index (χ0v) is 11.5. The van der Waals surface area contributed by atoms with Gasteiger partial charge in [0.15, 0.2) is 0 Å². The highest BCUT2D eigenvalue weighted by atomic mass is 16.4. The van der Waals surface area contributed by atoms with Crippen LogP contribution in [0.5, 0.6) is 0 Å². The van der Waals surface area contributed by atoms with Crippen LogP contribution in [-0.2, 0) is 18.3 Å². The maximum absolute atomic E-state index is 12.4. The third-order valence-electron chi connectivity index (χ3n) is 3.75. The summed E-state index contributed by atoms with van der Waals surface area (Å²) in [6, 6.07) is 0. The molecular weight excluding hydrogens is 246 g/mol. The van der Waals surface area contributed by atoms with Crippen LogP contribution in [0.1, 0.15) is 36.3 Å². The summed E-state index contributed by atoms with van der Waals surface area (Å²) in [7, 11) is 1.78. The summed E-state index contributed by atoms with van der Waals surface area (Å²) in [5.74, 6) is -0.959. The number of carbonyl (C=O) groups excluding carboxylic acids is 1. The molecule has 1 atom stereocenters. The summed E-state index contributed by atoms with van der Waals surface area (Å²) in [6.45, 7) is 4.38. The molecule has 1 aromatic rings. The van der Waals surface area contributed by atoms with Crippen molar-refractivity contribution in [2.75, 3.05) is 13.1 Å². The van der Waals surface area contributed by atoms with Crippen LogP contribution in [0.15, 0.2) is 6.20 Å². The molecule has 6 nitrogen and oxygen atoms in total. The molecule has 0 bridgehead atoms. The van der Waals surface area contributed by atoms with E-state index in [-0.39, 0.29) is 12.5 Å². The van der Waals surface area contributed by atoms with Crippen molar-refractivity contribution in [3.8, 4) is 0 Å². The van der Waals surface area contributed by atoms with Crippen molar-refractivity contribution >= 4 is 11.9 Å². The van der Waals surface area contributed by atoms with E-state index in [0.29, 0.717) is 24.9 Å². The number of rotatable bonds is 3. The maximum atomic E-state index is 12.4. The standard InChI is InChI=1S/C13H19N3O3/c1-4-10-9(7-15(3)14-10)11(17)16-6-5-13(2,8-16)12(18)19/h7H,4-6,8H2,1-3H3,(H,18,19). The molecule has 2 heterocycles. The minimum absolute atomic E-state index is 0.116. The van der Waals surface area contributed by atoms with E-state index in [2.05, 4.69) is 5.10 Å². The average molecular weight is 265 g/mol. The van der Waals surface area contributed by atoms with Gasteiger partial charge in [0.1, 0.15) is 0 Å². The Hall–Kier alpha value is -1.85. The van der Waals surface area contributed by atoms with E-state index in [1.807, 2.05) is 6.92 Å². The second-order valence-corrected chi connectivity index (χ2v) is 5.36. The first-order valence-electron chi connectivity index (χ1n) is 6.42. The van der Waals surface area contributed by atoms with Crippen LogP contribution in [0.3, 0.4) is 0 Å². The van der Waals surface area contributed by atoms with E-state index < -0.39 is 11.4 Å². The number of aromatic nitrogens is 2. The average Bonchev–Trinajstić information content (AvgIpc) is 2.93. The third kappa shape index (κ3) is 2.34. The molecule has 0 radical (unpaired) electrons. The van der Waals surface area contributed by atoms with Gasteiger partial charge in [-0.2, -0.15) is 5.10 Å². The number of hydrogen-bond acceptors (Lipinski definition) is 3. The fraction of sp³-hybridized carbons (Fsp3) is 0.615. The van der Waals surface area contributed by atoms with E-state index in [1.165, 1.54) is 0 Å². The number of carboxylic acids is 1. The molecule has 1 amide bonds. The molecule has 104 valence electrons. The summed E-state index contributed by atoms with van der Waals surface area (Å²) in [5, 5.41) is 13.4. The highest BCUT2D eigenvalue weighted by Crippen LogP contribution is 2.31. The van der Waals surface area contributed by atoms with Crippen LogP contribution >= 0.6 is 0 Å². The quantitative estimate of drug-likeness (QED) is 0.881. The Balaban J connectivity index is 2.20. The number of amides is 1. The lowest BCUT2D eigenvalue weighted by Gasteiger charge is -2.20. The molecule has 1 fully saturated rings. The van der Waals surface area contributed by atoms with Crippen molar-refractivity contribution in [2.24, 2.45) is 12.5 Å². The van der Waals surface area contributed by atoms with Gasteiger partial charge in [-0.3, -0.25) is 14.3 Å². The molecule has 1 aromatic heterocycles. The lowest BCUT2D eigenvalue weighted by Crippen LogP contribution is -2.35. The van der Waals surface area contributed by atoms with Crippen LogP contribution in [0, 0.1) is 5.41 Å². The Morgan fingerprint density at radius 2 is 2.21 bits per heavy atom. The number of nitrogens with zero attached hydrogens (tertiary/aromatic N) is 3. The molecule has 1 aliphatic heterocycles. The number of aliphatic carboxylic acids is 1. The Bertz CT molecular complexity index is 523. The molecule has 0 aliphatic carbocycles. The number of aryl methyl sites for hydroxylation is 2. The first-order valence-corrected chi connectivity index (χ1v) is 6.42. The highest BCUT2D eigenvalue weighted by molar-refractivity contribution is 5.96. The predicted octanol–water partition coefficient (Wildman–Crippen LogP) is 0.919. The lowest BCUT2D eigenvalue weighted by molar-refractivity contribution is -0.147. The summed E-state index contributed by atoms with van der Waals surface area (Å²) in [4.78, 5) is 25.2. The summed E-state index contributed by atoms with van der Waals surface area (Å²) >= 11 is 0. The first kappa shape index (κ1) is 13.6. The van der Waals surface area contributed by atoms with Gasteiger partial charge in [-0.05, 0) is 19.8 Å². The third-order valence-corrected chi connectivity index (χ3v) is 3.75.